The first kappa shape index (κ1) is 15.9. The van der Waals surface area contributed by atoms with Gasteiger partial charge >= 0.3 is 0 Å². The number of aromatic nitrogens is 2. The van der Waals surface area contributed by atoms with E-state index in [1.54, 1.807) is 7.11 Å². The second-order valence-electron chi connectivity index (χ2n) is 5.05. The Hall–Kier alpha value is -0.470. The molecule has 2 rings (SSSR count). The van der Waals surface area contributed by atoms with Crippen LogP contribution in [0.3, 0.4) is 0 Å². The molecule has 1 N–H and O–H groups in total. The molecule has 1 saturated carbocycles. The van der Waals surface area contributed by atoms with Crippen LogP contribution in [0.4, 0.5) is 0 Å². The average Bonchev–Trinajstić information content (AvgIpc) is 2.96. The van der Waals surface area contributed by atoms with E-state index >= 15 is 0 Å². The highest BCUT2D eigenvalue weighted by atomic mass is 127. The van der Waals surface area contributed by atoms with Gasteiger partial charge in [-0.25, -0.2) is 4.98 Å². The maximum atomic E-state index is 12.0. The van der Waals surface area contributed by atoms with Gasteiger partial charge in [-0.05, 0) is 35.4 Å². The lowest BCUT2D eigenvalue weighted by Gasteiger charge is -2.12. The zero-order valence-corrected chi connectivity index (χ0v) is 13.9. The molecule has 0 bridgehead atoms. The number of rotatable bonds is 7. The van der Waals surface area contributed by atoms with Gasteiger partial charge in [0.15, 0.2) is 0 Å². The Morgan fingerprint density at radius 3 is 2.75 bits per heavy atom. The zero-order chi connectivity index (χ0) is 14.4. The molecule has 0 radical (unpaired) electrons. The Morgan fingerprint density at radius 1 is 1.30 bits per heavy atom. The van der Waals surface area contributed by atoms with E-state index in [2.05, 4.69) is 32.6 Å². The van der Waals surface area contributed by atoms with E-state index in [4.69, 9.17) is 9.47 Å². The minimum atomic E-state index is -0.0191. The van der Waals surface area contributed by atoms with Crippen LogP contribution in [0.15, 0.2) is 4.79 Å². The molecule has 1 aliphatic carbocycles. The minimum Gasteiger partial charge on any atom is -0.382 e. The number of hydrogen-bond acceptors (Lipinski definition) is 4. The molecule has 20 heavy (non-hydrogen) atoms. The van der Waals surface area contributed by atoms with E-state index in [1.807, 2.05) is 0 Å². The summed E-state index contributed by atoms with van der Waals surface area (Å²) in [6.07, 6.45) is 5.41. The normalized spacial score (nSPS) is 15.9. The standard InChI is InChI=1S/C14H21IN2O3/c1-19-8-9-20-7-6-11-16-13(10-4-2-3-5-10)12(15)14(18)17-11/h10H,2-9H2,1H3,(H,16,17,18). The summed E-state index contributed by atoms with van der Waals surface area (Å²) in [4.78, 5) is 19.5. The van der Waals surface area contributed by atoms with Gasteiger partial charge in [0.2, 0.25) is 0 Å². The van der Waals surface area contributed by atoms with E-state index in [0.717, 1.165) is 27.9 Å². The SMILES string of the molecule is COCCOCCc1nc(C2CCCC2)c(I)c(=O)[nH]1. The van der Waals surface area contributed by atoms with Gasteiger partial charge in [-0.2, -0.15) is 0 Å². The van der Waals surface area contributed by atoms with Crippen molar-refractivity contribution in [1.29, 1.82) is 0 Å². The molecule has 0 atom stereocenters. The van der Waals surface area contributed by atoms with Gasteiger partial charge in [0.1, 0.15) is 5.82 Å². The van der Waals surface area contributed by atoms with E-state index in [0.29, 0.717) is 32.2 Å². The quantitative estimate of drug-likeness (QED) is 0.571. The first-order valence-corrected chi connectivity index (χ1v) is 8.15. The molecular formula is C14H21IN2O3. The molecule has 6 heteroatoms. The van der Waals surface area contributed by atoms with Gasteiger partial charge in [-0.15, -0.1) is 0 Å². The van der Waals surface area contributed by atoms with Crippen molar-refractivity contribution in [2.24, 2.45) is 0 Å². The molecule has 0 aliphatic heterocycles. The number of hydrogen-bond donors (Lipinski definition) is 1. The molecule has 1 fully saturated rings. The third-order valence-corrected chi connectivity index (χ3v) is 4.64. The lowest BCUT2D eigenvalue weighted by molar-refractivity contribution is 0.0716. The van der Waals surface area contributed by atoms with E-state index in [-0.39, 0.29) is 5.56 Å². The summed E-state index contributed by atoms with van der Waals surface area (Å²) < 4.78 is 11.1. The van der Waals surface area contributed by atoms with E-state index in [1.165, 1.54) is 12.8 Å². The summed E-state index contributed by atoms with van der Waals surface area (Å²) in [6.45, 7) is 1.71. The summed E-state index contributed by atoms with van der Waals surface area (Å²) in [5, 5.41) is 0. The summed E-state index contributed by atoms with van der Waals surface area (Å²) in [5.74, 6) is 1.19. The molecule has 5 nitrogen and oxygen atoms in total. The van der Waals surface area contributed by atoms with Crippen molar-refractivity contribution >= 4 is 22.6 Å². The fraction of sp³-hybridized carbons (Fsp3) is 0.714. The Balaban J connectivity index is 2.00. The number of nitrogens with one attached hydrogen (secondary N) is 1. The number of H-pyrrole nitrogens is 1. The van der Waals surface area contributed by atoms with Crippen LogP contribution in [-0.2, 0) is 15.9 Å². The first-order chi connectivity index (χ1) is 9.72. The lowest BCUT2D eigenvalue weighted by atomic mass is 10.0. The van der Waals surface area contributed by atoms with Crippen molar-refractivity contribution in [3.63, 3.8) is 0 Å². The minimum absolute atomic E-state index is 0.0191. The van der Waals surface area contributed by atoms with Crippen LogP contribution in [-0.4, -0.2) is 36.9 Å². The van der Waals surface area contributed by atoms with Crippen LogP contribution in [0.25, 0.3) is 0 Å². The van der Waals surface area contributed by atoms with E-state index < -0.39 is 0 Å². The Labute approximate surface area is 132 Å². The third-order valence-electron chi connectivity index (χ3n) is 3.59. The molecule has 1 aromatic rings. The topological polar surface area (TPSA) is 64.2 Å². The first-order valence-electron chi connectivity index (χ1n) is 7.07. The number of nitrogens with zero attached hydrogens (tertiary/aromatic N) is 1. The Morgan fingerprint density at radius 2 is 2.05 bits per heavy atom. The number of aromatic amines is 1. The maximum Gasteiger partial charge on any atom is 0.264 e. The molecule has 0 saturated heterocycles. The predicted octanol–water partition coefficient (Wildman–Crippen LogP) is 2.24. The van der Waals surface area contributed by atoms with Gasteiger partial charge in [0, 0.05) is 19.4 Å². The summed E-state index contributed by atoms with van der Waals surface area (Å²) in [7, 11) is 1.65. The maximum absolute atomic E-state index is 12.0. The summed E-state index contributed by atoms with van der Waals surface area (Å²) in [6, 6.07) is 0. The van der Waals surface area contributed by atoms with Crippen LogP contribution >= 0.6 is 22.6 Å². The molecule has 0 spiro atoms. The lowest BCUT2D eigenvalue weighted by Crippen LogP contribution is -2.20. The van der Waals surface area contributed by atoms with Gasteiger partial charge in [0.25, 0.3) is 5.56 Å². The highest BCUT2D eigenvalue weighted by Gasteiger charge is 2.22. The fourth-order valence-corrected chi connectivity index (χ4v) is 3.22. The zero-order valence-electron chi connectivity index (χ0n) is 11.8. The molecule has 112 valence electrons. The van der Waals surface area contributed by atoms with Crippen LogP contribution < -0.4 is 5.56 Å². The van der Waals surface area contributed by atoms with Gasteiger partial charge < -0.3 is 14.5 Å². The predicted molar refractivity (Wildman–Crippen MR) is 85.2 cm³/mol. The van der Waals surface area contributed by atoms with Crippen LogP contribution in [0.1, 0.15) is 43.1 Å². The molecule has 0 amide bonds. The second kappa shape index (κ2) is 8.09. The smallest absolute Gasteiger partial charge is 0.264 e. The number of methoxy groups -OCH3 is 1. The van der Waals surface area contributed by atoms with Crippen molar-refractivity contribution in [1.82, 2.24) is 9.97 Å². The Kier molecular flexibility index (Phi) is 6.44. The van der Waals surface area contributed by atoms with Gasteiger partial charge in [-0.3, -0.25) is 4.79 Å². The summed E-state index contributed by atoms with van der Waals surface area (Å²) >= 11 is 2.11. The van der Waals surface area contributed by atoms with E-state index in [9.17, 15) is 4.79 Å². The van der Waals surface area contributed by atoms with Crippen molar-refractivity contribution in [3.05, 3.63) is 25.4 Å². The van der Waals surface area contributed by atoms with Crippen LogP contribution in [0, 0.1) is 3.57 Å². The van der Waals surface area contributed by atoms with Crippen molar-refractivity contribution in [3.8, 4) is 0 Å². The molecule has 0 aromatic carbocycles. The van der Waals surface area contributed by atoms with Crippen molar-refractivity contribution in [2.45, 2.75) is 38.0 Å². The highest BCUT2D eigenvalue weighted by molar-refractivity contribution is 14.1. The van der Waals surface area contributed by atoms with Gasteiger partial charge in [0.05, 0.1) is 29.1 Å². The number of ether oxygens (including phenoxy) is 2. The molecule has 1 aliphatic rings. The van der Waals surface area contributed by atoms with Gasteiger partial charge in [-0.1, -0.05) is 12.8 Å². The van der Waals surface area contributed by atoms with Crippen molar-refractivity contribution in [2.75, 3.05) is 26.9 Å². The Bertz CT molecular complexity index is 484. The largest absolute Gasteiger partial charge is 0.382 e. The number of halogens is 1. The third kappa shape index (κ3) is 4.26. The highest BCUT2D eigenvalue weighted by Crippen LogP contribution is 2.34. The fourth-order valence-electron chi connectivity index (χ4n) is 2.53. The second-order valence-corrected chi connectivity index (χ2v) is 6.13. The molecule has 1 aromatic heterocycles. The average molecular weight is 392 g/mol. The monoisotopic (exact) mass is 392 g/mol. The molecule has 1 heterocycles. The van der Waals surface area contributed by atoms with Crippen LogP contribution in [0.5, 0.6) is 0 Å². The van der Waals surface area contributed by atoms with Crippen molar-refractivity contribution < 1.29 is 9.47 Å². The molecule has 0 unspecified atom stereocenters. The van der Waals surface area contributed by atoms with Crippen LogP contribution in [0.2, 0.25) is 0 Å². The summed E-state index contributed by atoms with van der Waals surface area (Å²) in [5.41, 5.74) is 0.966. The molecular weight excluding hydrogens is 371 g/mol.